The molecular formula is C6H6ClN3O. The molecule has 5 heteroatoms. The van der Waals surface area contributed by atoms with Crippen LogP contribution in [0.4, 0.5) is 0 Å². The minimum absolute atomic E-state index is 0.0465. The van der Waals surface area contributed by atoms with Gasteiger partial charge in [0.1, 0.15) is 0 Å². The fourth-order valence-electron chi connectivity index (χ4n) is 0.540. The molecule has 0 atom stereocenters. The van der Waals surface area contributed by atoms with Crippen molar-refractivity contribution in [1.29, 1.82) is 0 Å². The van der Waals surface area contributed by atoms with Crippen LogP contribution in [0.3, 0.4) is 0 Å². The molecule has 0 aromatic carbocycles. The van der Waals surface area contributed by atoms with E-state index in [9.17, 15) is 4.79 Å². The van der Waals surface area contributed by atoms with Gasteiger partial charge in [-0.15, -0.1) is 5.10 Å². The third kappa shape index (κ3) is 1.71. The molecule has 1 rings (SSSR count). The maximum atomic E-state index is 10.5. The highest BCUT2D eigenvalue weighted by atomic mass is 35.5. The van der Waals surface area contributed by atoms with Gasteiger partial charge < -0.3 is 0 Å². The Balaban J connectivity index is 3.15. The van der Waals surface area contributed by atoms with Crippen LogP contribution >= 0.6 is 11.6 Å². The molecule has 1 heterocycles. The van der Waals surface area contributed by atoms with Gasteiger partial charge in [0.05, 0.1) is 11.4 Å². The summed E-state index contributed by atoms with van der Waals surface area (Å²) in [6, 6.07) is 0. The molecule has 58 valence electrons. The van der Waals surface area contributed by atoms with Gasteiger partial charge in [-0.3, -0.25) is 4.79 Å². The fraction of sp³-hybridized carbons (Fsp3) is 0.333. The van der Waals surface area contributed by atoms with Crippen molar-refractivity contribution in [1.82, 2.24) is 15.2 Å². The van der Waals surface area contributed by atoms with Crippen LogP contribution in [0.1, 0.15) is 22.0 Å². The Labute approximate surface area is 68.6 Å². The van der Waals surface area contributed by atoms with Gasteiger partial charge in [-0.25, -0.2) is 4.98 Å². The molecule has 0 saturated carbocycles. The van der Waals surface area contributed by atoms with Crippen molar-refractivity contribution in [2.45, 2.75) is 13.8 Å². The highest BCUT2D eigenvalue weighted by Crippen LogP contribution is 1.99. The third-order valence-electron chi connectivity index (χ3n) is 1.27. The maximum Gasteiger partial charge on any atom is 0.291 e. The molecular weight excluding hydrogens is 166 g/mol. The molecule has 0 bridgehead atoms. The summed E-state index contributed by atoms with van der Waals surface area (Å²) in [5.74, 6) is -0.0465. The number of halogens is 1. The molecule has 4 nitrogen and oxygen atoms in total. The Morgan fingerprint density at radius 3 is 2.36 bits per heavy atom. The number of hydrogen-bond donors (Lipinski definition) is 0. The number of nitrogens with zero attached hydrogens (tertiary/aromatic N) is 3. The van der Waals surface area contributed by atoms with Crippen molar-refractivity contribution in [3.05, 3.63) is 17.2 Å². The molecule has 0 aliphatic heterocycles. The van der Waals surface area contributed by atoms with E-state index in [4.69, 9.17) is 11.6 Å². The van der Waals surface area contributed by atoms with Crippen LogP contribution in [0.5, 0.6) is 0 Å². The lowest BCUT2D eigenvalue weighted by atomic mass is 10.4. The van der Waals surface area contributed by atoms with E-state index in [0.717, 1.165) is 0 Å². The molecule has 1 aromatic rings. The molecule has 0 spiro atoms. The monoisotopic (exact) mass is 171 g/mol. The molecule has 11 heavy (non-hydrogen) atoms. The van der Waals surface area contributed by atoms with E-state index in [1.165, 1.54) is 0 Å². The lowest BCUT2D eigenvalue weighted by Crippen LogP contribution is -2.04. The maximum absolute atomic E-state index is 10.5. The van der Waals surface area contributed by atoms with Crippen LogP contribution in [0, 0.1) is 13.8 Å². The summed E-state index contributed by atoms with van der Waals surface area (Å²) in [5.41, 5.74) is 1.37. The van der Waals surface area contributed by atoms with Gasteiger partial charge in [-0.05, 0) is 25.4 Å². The van der Waals surface area contributed by atoms with Gasteiger partial charge >= 0.3 is 0 Å². The van der Waals surface area contributed by atoms with E-state index in [1.54, 1.807) is 13.8 Å². The van der Waals surface area contributed by atoms with Crippen molar-refractivity contribution in [2.75, 3.05) is 0 Å². The minimum Gasteiger partial charge on any atom is -0.272 e. The summed E-state index contributed by atoms with van der Waals surface area (Å²) in [4.78, 5) is 14.3. The second-order valence-corrected chi connectivity index (χ2v) is 2.42. The van der Waals surface area contributed by atoms with Crippen molar-refractivity contribution >= 4 is 16.8 Å². The number of carbonyl (C=O) groups is 1. The number of aryl methyl sites for hydroxylation is 2. The summed E-state index contributed by atoms with van der Waals surface area (Å²) in [6.45, 7) is 3.51. The van der Waals surface area contributed by atoms with Crippen LogP contribution in [-0.4, -0.2) is 20.4 Å². The number of hydrogen-bond acceptors (Lipinski definition) is 4. The normalized spacial score (nSPS) is 9.73. The van der Waals surface area contributed by atoms with Crippen LogP contribution in [0.2, 0.25) is 0 Å². The third-order valence-corrected chi connectivity index (χ3v) is 1.44. The summed E-state index contributed by atoms with van der Waals surface area (Å²) in [7, 11) is 0. The average Bonchev–Trinajstić information content (AvgIpc) is 1.94. The number of aromatic nitrogens is 3. The zero-order chi connectivity index (χ0) is 8.43. The standard InChI is InChI=1S/C6H6ClN3O/c1-3-4(2)9-10-6(8-3)5(7)11/h1-2H3. The van der Waals surface area contributed by atoms with Crippen molar-refractivity contribution in [2.24, 2.45) is 0 Å². The highest BCUT2D eigenvalue weighted by molar-refractivity contribution is 6.67. The van der Waals surface area contributed by atoms with Gasteiger partial charge in [0.2, 0.25) is 5.82 Å². The molecule has 0 aliphatic rings. The first-order chi connectivity index (χ1) is 5.11. The molecule has 0 unspecified atom stereocenters. The van der Waals surface area contributed by atoms with Crippen molar-refractivity contribution < 1.29 is 4.79 Å². The highest BCUT2D eigenvalue weighted by Gasteiger charge is 2.06. The van der Waals surface area contributed by atoms with Gasteiger partial charge in [0, 0.05) is 0 Å². The number of carbonyl (C=O) groups excluding carboxylic acids is 1. The van der Waals surface area contributed by atoms with Crippen LogP contribution < -0.4 is 0 Å². The first-order valence-corrected chi connectivity index (χ1v) is 3.37. The lowest BCUT2D eigenvalue weighted by molar-refractivity contribution is 0.107. The Bertz CT molecular complexity index is 300. The Morgan fingerprint density at radius 1 is 1.27 bits per heavy atom. The van der Waals surface area contributed by atoms with E-state index >= 15 is 0 Å². The Kier molecular flexibility index (Phi) is 2.14. The molecule has 0 saturated heterocycles. The number of rotatable bonds is 1. The van der Waals surface area contributed by atoms with Crippen LogP contribution in [0.25, 0.3) is 0 Å². The van der Waals surface area contributed by atoms with E-state index in [-0.39, 0.29) is 5.82 Å². The predicted octanol–water partition coefficient (Wildman–Crippen LogP) is 0.867. The van der Waals surface area contributed by atoms with E-state index in [0.29, 0.717) is 11.4 Å². The SMILES string of the molecule is Cc1nnc(C(=O)Cl)nc1C. The Morgan fingerprint density at radius 2 is 1.91 bits per heavy atom. The van der Waals surface area contributed by atoms with Crippen molar-refractivity contribution in [3.63, 3.8) is 0 Å². The first-order valence-electron chi connectivity index (χ1n) is 2.99. The van der Waals surface area contributed by atoms with E-state index in [2.05, 4.69) is 15.2 Å². The van der Waals surface area contributed by atoms with E-state index in [1.807, 2.05) is 0 Å². The van der Waals surface area contributed by atoms with E-state index < -0.39 is 5.24 Å². The van der Waals surface area contributed by atoms with Crippen LogP contribution in [-0.2, 0) is 0 Å². The quantitative estimate of drug-likeness (QED) is 0.589. The topological polar surface area (TPSA) is 55.7 Å². The molecule has 0 aliphatic carbocycles. The van der Waals surface area contributed by atoms with Gasteiger partial charge in [-0.1, -0.05) is 0 Å². The average molecular weight is 172 g/mol. The van der Waals surface area contributed by atoms with Gasteiger partial charge in [0.15, 0.2) is 0 Å². The molecule has 0 N–H and O–H groups in total. The minimum atomic E-state index is -0.680. The Hall–Kier alpha value is -1.03. The smallest absolute Gasteiger partial charge is 0.272 e. The first kappa shape index (κ1) is 8.07. The van der Waals surface area contributed by atoms with Crippen LogP contribution in [0.15, 0.2) is 0 Å². The summed E-state index contributed by atoms with van der Waals surface area (Å²) in [6.07, 6.45) is 0. The van der Waals surface area contributed by atoms with Crippen molar-refractivity contribution in [3.8, 4) is 0 Å². The molecule has 0 radical (unpaired) electrons. The summed E-state index contributed by atoms with van der Waals surface area (Å²) >= 11 is 5.12. The zero-order valence-electron chi connectivity index (χ0n) is 6.13. The molecule has 1 aromatic heterocycles. The molecule has 0 fully saturated rings. The molecule has 0 amide bonds. The fourth-order valence-corrected chi connectivity index (χ4v) is 0.620. The summed E-state index contributed by atoms with van der Waals surface area (Å²) < 4.78 is 0. The lowest BCUT2D eigenvalue weighted by Gasteiger charge is -1.95. The largest absolute Gasteiger partial charge is 0.291 e. The second-order valence-electron chi connectivity index (χ2n) is 2.08. The zero-order valence-corrected chi connectivity index (χ0v) is 6.88. The van der Waals surface area contributed by atoms with Gasteiger partial charge in [-0.2, -0.15) is 5.10 Å². The predicted molar refractivity (Wildman–Crippen MR) is 39.5 cm³/mol. The second kappa shape index (κ2) is 2.92. The van der Waals surface area contributed by atoms with Gasteiger partial charge in [0.25, 0.3) is 5.24 Å². The summed E-state index contributed by atoms with van der Waals surface area (Å²) in [5, 5.41) is 6.50.